The zero-order valence-corrected chi connectivity index (χ0v) is 9.61. The molecule has 1 aromatic heterocycles. The summed E-state index contributed by atoms with van der Waals surface area (Å²) in [4.78, 5) is 4.06. The molecule has 84 valence electrons. The summed E-state index contributed by atoms with van der Waals surface area (Å²) >= 11 is 0. The molecule has 1 aliphatic rings. The molecular formula is C13H17N3. The Morgan fingerprint density at radius 3 is 3.00 bits per heavy atom. The van der Waals surface area contributed by atoms with Gasteiger partial charge in [-0.25, -0.2) is 4.98 Å². The summed E-state index contributed by atoms with van der Waals surface area (Å²) < 4.78 is 0. The number of anilines is 1. The Morgan fingerprint density at radius 2 is 2.25 bits per heavy atom. The van der Waals surface area contributed by atoms with Crippen molar-refractivity contribution in [2.75, 3.05) is 5.32 Å². The summed E-state index contributed by atoms with van der Waals surface area (Å²) in [6.45, 7) is 2.28. The van der Waals surface area contributed by atoms with Crippen LogP contribution in [-0.4, -0.2) is 11.0 Å². The van der Waals surface area contributed by atoms with Gasteiger partial charge >= 0.3 is 0 Å². The molecule has 1 heterocycles. The van der Waals surface area contributed by atoms with Crippen LogP contribution in [0.1, 0.15) is 38.3 Å². The van der Waals surface area contributed by atoms with Gasteiger partial charge in [-0.15, -0.1) is 0 Å². The van der Waals surface area contributed by atoms with E-state index < -0.39 is 0 Å². The fourth-order valence-corrected chi connectivity index (χ4v) is 2.34. The molecule has 2 atom stereocenters. The Balaban J connectivity index is 2.11. The van der Waals surface area contributed by atoms with Crippen LogP contribution in [0, 0.1) is 17.2 Å². The average molecular weight is 215 g/mol. The lowest BCUT2D eigenvalue weighted by molar-refractivity contribution is 0.349. The smallest absolute Gasteiger partial charge is 0.163 e. The first kappa shape index (κ1) is 10.9. The maximum atomic E-state index is 8.96. The number of hydrogen-bond donors (Lipinski definition) is 1. The molecule has 3 heteroatoms. The molecule has 2 unspecified atom stereocenters. The van der Waals surface area contributed by atoms with E-state index in [1.54, 1.807) is 6.20 Å². The van der Waals surface area contributed by atoms with Crippen molar-refractivity contribution in [1.82, 2.24) is 4.98 Å². The van der Waals surface area contributed by atoms with Gasteiger partial charge in [0.1, 0.15) is 6.07 Å². The van der Waals surface area contributed by atoms with Crippen molar-refractivity contribution in [2.24, 2.45) is 5.92 Å². The molecule has 0 radical (unpaired) electrons. The number of pyridine rings is 1. The summed E-state index contributed by atoms with van der Waals surface area (Å²) in [5.41, 5.74) is 1.38. The van der Waals surface area contributed by atoms with E-state index in [-0.39, 0.29) is 0 Å². The van der Waals surface area contributed by atoms with Crippen molar-refractivity contribution in [2.45, 2.75) is 38.6 Å². The molecule has 0 bridgehead atoms. The molecule has 3 nitrogen and oxygen atoms in total. The summed E-state index contributed by atoms with van der Waals surface area (Å²) in [5.74, 6) is 0.681. The van der Waals surface area contributed by atoms with E-state index in [4.69, 9.17) is 5.26 Å². The number of nitrogens with zero attached hydrogens (tertiary/aromatic N) is 2. The van der Waals surface area contributed by atoms with E-state index in [0.29, 0.717) is 17.7 Å². The Hall–Kier alpha value is -1.56. The number of rotatable bonds is 2. The molecule has 0 aliphatic heterocycles. The van der Waals surface area contributed by atoms with Crippen molar-refractivity contribution < 1.29 is 0 Å². The zero-order valence-electron chi connectivity index (χ0n) is 9.61. The van der Waals surface area contributed by atoms with E-state index in [2.05, 4.69) is 23.3 Å². The van der Waals surface area contributed by atoms with Crippen LogP contribution in [0.2, 0.25) is 0 Å². The third kappa shape index (κ3) is 2.33. The van der Waals surface area contributed by atoms with Crippen LogP contribution in [0.15, 0.2) is 18.3 Å². The van der Waals surface area contributed by atoms with Crippen LogP contribution < -0.4 is 5.32 Å². The molecule has 0 saturated heterocycles. The van der Waals surface area contributed by atoms with Crippen molar-refractivity contribution in [3.8, 4) is 6.07 Å². The minimum atomic E-state index is 0.491. The van der Waals surface area contributed by atoms with Gasteiger partial charge in [0, 0.05) is 12.2 Å². The second-order valence-corrected chi connectivity index (χ2v) is 4.52. The lowest BCUT2D eigenvalue weighted by Gasteiger charge is -2.30. The van der Waals surface area contributed by atoms with Gasteiger partial charge in [-0.1, -0.05) is 19.8 Å². The highest BCUT2D eigenvalue weighted by molar-refractivity contribution is 5.53. The third-order valence-electron chi connectivity index (χ3n) is 3.37. The van der Waals surface area contributed by atoms with Crippen molar-refractivity contribution in [1.29, 1.82) is 5.26 Å². The van der Waals surface area contributed by atoms with Gasteiger partial charge < -0.3 is 5.32 Å². The Bertz CT molecular complexity index is 394. The molecule has 1 N–H and O–H groups in total. The predicted octanol–water partition coefficient (Wildman–Crippen LogP) is 2.94. The second-order valence-electron chi connectivity index (χ2n) is 4.52. The summed E-state index contributed by atoms with van der Waals surface area (Å²) in [6.07, 6.45) is 6.75. The molecule has 0 amide bonds. The summed E-state index contributed by atoms with van der Waals surface area (Å²) in [6, 6.07) is 6.43. The standard InChI is InChI=1S/C13H17N3/c1-10-5-2-3-6-11(10)16-12-7-4-8-15-13(12)9-14/h4,7-8,10-11,16H,2-3,5-6H2,1H3. The highest BCUT2D eigenvalue weighted by Crippen LogP contribution is 2.27. The van der Waals surface area contributed by atoms with Gasteiger partial charge in [0.15, 0.2) is 5.69 Å². The highest BCUT2D eigenvalue weighted by Gasteiger charge is 2.21. The molecule has 1 aliphatic carbocycles. The van der Waals surface area contributed by atoms with Crippen LogP contribution in [0.5, 0.6) is 0 Å². The second kappa shape index (κ2) is 4.98. The molecule has 0 aromatic carbocycles. The van der Waals surface area contributed by atoms with E-state index in [1.165, 1.54) is 25.7 Å². The topological polar surface area (TPSA) is 48.7 Å². The SMILES string of the molecule is CC1CCCCC1Nc1cccnc1C#N. The van der Waals surface area contributed by atoms with Gasteiger partial charge in [0.05, 0.1) is 5.69 Å². The Morgan fingerprint density at radius 1 is 1.44 bits per heavy atom. The third-order valence-corrected chi connectivity index (χ3v) is 3.37. The largest absolute Gasteiger partial charge is 0.380 e. The minimum absolute atomic E-state index is 0.491. The molecule has 1 saturated carbocycles. The minimum Gasteiger partial charge on any atom is -0.380 e. The predicted molar refractivity (Wildman–Crippen MR) is 64.0 cm³/mol. The van der Waals surface area contributed by atoms with Crippen molar-refractivity contribution in [3.05, 3.63) is 24.0 Å². The van der Waals surface area contributed by atoms with Crippen LogP contribution in [0.4, 0.5) is 5.69 Å². The number of nitriles is 1. The maximum Gasteiger partial charge on any atom is 0.163 e. The van der Waals surface area contributed by atoms with E-state index in [9.17, 15) is 0 Å². The van der Waals surface area contributed by atoms with Gasteiger partial charge in [0.2, 0.25) is 0 Å². The van der Waals surface area contributed by atoms with Crippen LogP contribution in [0.3, 0.4) is 0 Å². The molecule has 16 heavy (non-hydrogen) atoms. The first-order valence-corrected chi connectivity index (χ1v) is 5.93. The summed E-state index contributed by atoms with van der Waals surface area (Å²) in [5, 5.41) is 12.4. The van der Waals surface area contributed by atoms with Crippen molar-refractivity contribution >= 4 is 5.69 Å². The van der Waals surface area contributed by atoms with Crippen LogP contribution >= 0.6 is 0 Å². The number of aromatic nitrogens is 1. The maximum absolute atomic E-state index is 8.96. The average Bonchev–Trinajstić information content (AvgIpc) is 2.33. The number of nitrogens with one attached hydrogen (secondary N) is 1. The van der Waals surface area contributed by atoms with Gasteiger partial charge in [0.25, 0.3) is 0 Å². The normalized spacial score (nSPS) is 24.8. The Kier molecular flexibility index (Phi) is 3.40. The van der Waals surface area contributed by atoms with E-state index >= 15 is 0 Å². The fraction of sp³-hybridized carbons (Fsp3) is 0.538. The monoisotopic (exact) mass is 215 g/mol. The first-order valence-electron chi connectivity index (χ1n) is 5.93. The molecule has 0 spiro atoms. The lowest BCUT2D eigenvalue weighted by atomic mass is 9.86. The highest BCUT2D eigenvalue weighted by atomic mass is 14.9. The quantitative estimate of drug-likeness (QED) is 0.825. The number of hydrogen-bond acceptors (Lipinski definition) is 3. The first-order chi connectivity index (χ1) is 7.81. The lowest BCUT2D eigenvalue weighted by Crippen LogP contribution is -2.30. The summed E-state index contributed by atoms with van der Waals surface area (Å²) in [7, 11) is 0. The molecule has 1 fully saturated rings. The van der Waals surface area contributed by atoms with Crippen LogP contribution in [-0.2, 0) is 0 Å². The van der Waals surface area contributed by atoms with E-state index in [0.717, 1.165) is 5.69 Å². The van der Waals surface area contributed by atoms with Crippen LogP contribution in [0.25, 0.3) is 0 Å². The van der Waals surface area contributed by atoms with Gasteiger partial charge in [-0.3, -0.25) is 0 Å². The Labute approximate surface area is 96.5 Å². The van der Waals surface area contributed by atoms with Crippen molar-refractivity contribution in [3.63, 3.8) is 0 Å². The van der Waals surface area contributed by atoms with Gasteiger partial charge in [-0.2, -0.15) is 5.26 Å². The molecular weight excluding hydrogens is 198 g/mol. The van der Waals surface area contributed by atoms with E-state index in [1.807, 2.05) is 12.1 Å². The fourth-order valence-electron chi connectivity index (χ4n) is 2.34. The van der Waals surface area contributed by atoms with Gasteiger partial charge in [-0.05, 0) is 30.9 Å². The molecule has 1 aromatic rings. The zero-order chi connectivity index (χ0) is 11.4. The molecule has 2 rings (SSSR count).